The van der Waals surface area contributed by atoms with E-state index < -0.39 is 31.2 Å². The van der Waals surface area contributed by atoms with Crippen molar-refractivity contribution in [2.24, 2.45) is 4.36 Å². The molecule has 0 radical (unpaired) electrons. The number of amides is 1. The average Bonchev–Trinajstić information content (AvgIpc) is 2.28. The van der Waals surface area contributed by atoms with Crippen molar-refractivity contribution in [1.82, 2.24) is 0 Å². The maximum atomic E-state index is 12.3. The van der Waals surface area contributed by atoms with Gasteiger partial charge in [0.25, 0.3) is 5.91 Å². The minimum absolute atomic E-state index is 0.0699. The fourth-order valence-electron chi connectivity index (χ4n) is 2.10. The summed E-state index contributed by atoms with van der Waals surface area (Å²) >= 11 is 0. The molecule has 18 heavy (non-hydrogen) atoms. The van der Waals surface area contributed by atoms with E-state index in [1.807, 2.05) is 0 Å². The topological polar surface area (TPSA) is 80.6 Å². The fraction of sp³-hybridized carbons (Fsp3) is 0.909. The lowest BCUT2D eigenvalue weighted by Crippen LogP contribution is -2.25. The van der Waals surface area contributed by atoms with Crippen LogP contribution >= 0.6 is 0 Å². The molecule has 1 aliphatic carbocycles. The van der Waals surface area contributed by atoms with E-state index in [9.17, 15) is 17.4 Å². The molecule has 0 aliphatic heterocycles. The van der Waals surface area contributed by atoms with E-state index in [1.165, 1.54) is 13.2 Å². The number of nitrogens with zero attached hydrogens (tertiary/aromatic N) is 1. The molecule has 1 rings (SSSR count). The minimum atomic E-state index is -3.39. The molecule has 1 amide bonds. The summed E-state index contributed by atoms with van der Waals surface area (Å²) in [6.45, 7) is 1.48. The quantitative estimate of drug-likeness (QED) is 0.784. The Morgan fingerprint density at radius 2 is 1.72 bits per heavy atom. The summed E-state index contributed by atoms with van der Waals surface area (Å²) in [7, 11) is -5.99. The molecule has 1 aliphatic rings. The lowest BCUT2D eigenvalue weighted by atomic mass is 10.0. The van der Waals surface area contributed by atoms with Gasteiger partial charge in [-0.15, -0.1) is 0 Å². The van der Waals surface area contributed by atoms with Crippen LogP contribution in [0.5, 0.6) is 0 Å². The highest BCUT2D eigenvalue weighted by Crippen LogP contribution is 2.24. The summed E-state index contributed by atoms with van der Waals surface area (Å²) < 4.78 is 38.6. The van der Waals surface area contributed by atoms with E-state index >= 15 is 0 Å². The van der Waals surface area contributed by atoms with Gasteiger partial charge in [0.05, 0.1) is 9.73 Å². The molecular formula is C11H21NO4S2. The van der Waals surface area contributed by atoms with Crippen molar-refractivity contribution in [3.8, 4) is 0 Å². The van der Waals surface area contributed by atoms with Crippen molar-refractivity contribution in [1.29, 1.82) is 0 Å². The standard InChI is InChI=1S/C11H21NO4S2/c1-3-18(15,16)9-11(13)12-17(2,14)10-7-5-4-6-8-10/h10H,3-9H2,1-2H3. The van der Waals surface area contributed by atoms with Gasteiger partial charge in [-0.25, -0.2) is 12.6 Å². The number of rotatable bonds is 4. The lowest BCUT2D eigenvalue weighted by molar-refractivity contribution is -0.115. The van der Waals surface area contributed by atoms with Crippen LogP contribution in [0.25, 0.3) is 0 Å². The number of hydrogen-bond acceptors (Lipinski definition) is 4. The molecule has 1 atom stereocenters. The van der Waals surface area contributed by atoms with E-state index in [2.05, 4.69) is 4.36 Å². The molecule has 0 aromatic carbocycles. The summed E-state index contributed by atoms with van der Waals surface area (Å²) in [5, 5.41) is -0.0699. The highest BCUT2D eigenvalue weighted by molar-refractivity contribution is 7.94. The molecule has 0 aromatic rings. The van der Waals surface area contributed by atoms with Gasteiger partial charge in [-0.2, -0.15) is 4.36 Å². The average molecular weight is 295 g/mol. The maximum absolute atomic E-state index is 12.3. The van der Waals surface area contributed by atoms with Crippen LogP contribution in [-0.2, 0) is 24.4 Å². The van der Waals surface area contributed by atoms with Crippen LogP contribution in [0.4, 0.5) is 0 Å². The van der Waals surface area contributed by atoms with Crippen LogP contribution in [0.3, 0.4) is 0 Å². The Morgan fingerprint density at radius 1 is 1.17 bits per heavy atom. The predicted octanol–water partition coefficient (Wildman–Crippen LogP) is 1.38. The number of carbonyl (C=O) groups is 1. The molecule has 1 saturated carbocycles. The third kappa shape index (κ3) is 4.68. The Morgan fingerprint density at radius 3 is 2.22 bits per heavy atom. The van der Waals surface area contributed by atoms with Crippen molar-refractivity contribution in [3.05, 3.63) is 0 Å². The van der Waals surface area contributed by atoms with E-state index in [1.54, 1.807) is 0 Å². The van der Waals surface area contributed by atoms with Crippen LogP contribution in [0.1, 0.15) is 39.0 Å². The largest absolute Gasteiger partial charge is 0.271 e. The highest BCUT2D eigenvalue weighted by Gasteiger charge is 2.24. The summed E-state index contributed by atoms with van der Waals surface area (Å²) in [5.41, 5.74) is 0. The smallest absolute Gasteiger partial charge is 0.268 e. The molecule has 0 saturated heterocycles. The Hall–Kier alpha value is -0.430. The molecule has 7 heteroatoms. The van der Waals surface area contributed by atoms with E-state index in [-0.39, 0.29) is 11.0 Å². The summed E-state index contributed by atoms with van der Waals surface area (Å²) in [6.07, 6.45) is 6.24. The normalized spacial score (nSPS) is 21.2. The van der Waals surface area contributed by atoms with Crippen LogP contribution in [0.2, 0.25) is 0 Å². The van der Waals surface area contributed by atoms with Gasteiger partial charge in [0, 0.05) is 17.3 Å². The monoisotopic (exact) mass is 295 g/mol. The van der Waals surface area contributed by atoms with Crippen molar-refractivity contribution in [2.75, 3.05) is 17.8 Å². The predicted molar refractivity (Wildman–Crippen MR) is 72.7 cm³/mol. The van der Waals surface area contributed by atoms with Crippen LogP contribution in [0.15, 0.2) is 4.36 Å². The van der Waals surface area contributed by atoms with Gasteiger partial charge in [0.1, 0.15) is 5.75 Å². The fourth-order valence-corrected chi connectivity index (χ4v) is 4.65. The molecular weight excluding hydrogens is 274 g/mol. The van der Waals surface area contributed by atoms with Crippen LogP contribution in [0, 0.1) is 0 Å². The SMILES string of the molecule is CCS(=O)(=O)CC(=O)N=S(C)(=O)C1CCCCC1. The first-order valence-corrected chi connectivity index (χ1v) is 10.0. The molecule has 0 spiro atoms. The zero-order chi connectivity index (χ0) is 13.8. The van der Waals surface area contributed by atoms with Crippen LogP contribution in [-0.4, -0.2) is 41.5 Å². The summed E-state index contributed by atoms with van der Waals surface area (Å²) in [5.74, 6) is -1.49. The number of carbonyl (C=O) groups excluding carboxylic acids is 1. The minimum Gasteiger partial charge on any atom is -0.271 e. The van der Waals surface area contributed by atoms with E-state index in [0.717, 1.165) is 32.1 Å². The van der Waals surface area contributed by atoms with Crippen molar-refractivity contribution >= 4 is 25.5 Å². The Balaban J connectivity index is 2.80. The van der Waals surface area contributed by atoms with Gasteiger partial charge in [0.15, 0.2) is 9.84 Å². The summed E-state index contributed by atoms with van der Waals surface area (Å²) in [6, 6.07) is 0. The molecule has 0 heterocycles. The molecule has 5 nitrogen and oxygen atoms in total. The van der Waals surface area contributed by atoms with Gasteiger partial charge in [-0.05, 0) is 12.8 Å². The van der Waals surface area contributed by atoms with Gasteiger partial charge in [0.2, 0.25) is 0 Å². The molecule has 0 N–H and O–H groups in total. The lowest BCUT2D eigenvalue weighted by Gasteiger charge is -2.22. The van der Waals surface area contributed by atoms with Gasteiger partial charge in [-0.1, -0.05) is 26.2 Å². The first-order chi connectivity index (χ1) is 8.27. The Kier molecular flexibility index (Phi) is 5.33. The van der Waals surface area contributed by atoms with Crippen LogP contribution < -0.4 is 0 Å². The van der Waals surface area contributed by atoms with Gasteiger partial charge in [-0.3, -0.25) is 4.79 Å². The molecule has 0 bridgehead atoms. The molecule has 1 fully saturated rings. The zero-order valence-electron chi connectivity index (χ0n) is 10.9. The van der Waals surface area contributed by atoms with Gasteiger partial charge < -0.3 is 0 Å². The Bertz CT molecular complexity index is 509. The third-order valence-electron chi connectivity index (χ3n) is 3.24. The second-order valence-electron chi connectivity index (χ2n) is 4.78. The van der Waals surface area contributed by atoms with Gasteiger partial charge >= 0.3 is 0 Å². The van der Waals surface area contributed by atoms with E-state index in [0.29, 0.717) is 0 Å². The second kappa shape index (κ2) is 6.14. The number of hydrogen-bond donors (Lipinski definition) is 0. The van der Waals surface area contributed by atoms with Crippen molar-refractivity contribution in [3.63, 3.8) is 0 Å². The van der Waals surface area contributed by atoms with Crippen molar-refractivity contribution in [2.45, 2.75) is 44.3 Å². The first-order valence-electron chi connectivity index (χ1n) is 6.21. The second-order valence-corrected chi connectivity index (χ2v) is 9.71. The third-order valence-corrected chi connectivity index (χ3v) is 7.08. The Labute approximate surface area is 109 Å². The molecule has 0 aromatic heterocycles. The van der Waals surface area contributed by atoms with E-state index in [4.69, 9.17) is 0 Å². The van der Waals surface area contributed by atoms with Crippen molar-refractivity contribution < 1.29 is 17.4 Å². The molecule has 1 unspecified atom stereocenters. The molecule has 106 valence electrons. The number of sulfone groups is 1. The highest BCUT2D eigenvalue weighted by atomic mass is 32.2. The zero-order valence-corrected chi connectivity index (χ0v) is 12.6. The maximum Gasteiger partial charge on any atom is 0.268 e. The first kappa shape index (κ1) is 15.6. The summed E-state index contributed by atoms with van der Waals surface area (Å²) in [4.78, 5) is 11.6.